The SMILES string of the molecule is COc1ccc(NC(=O)CSc2n[nH]c(=O)c3cc(-c4ccc(C(C)C)cc4)nn23)cc1Cl. The average molecular weight is 484 g/mol. The number of anilines is 1. The van der Waals surface area contributed by atoms with Gasteiger partial charge in [0.05, 0.1) is 23.6 Å². The molecule has 0 bridgehead atoms. The first kappa shape index (κ1) is 22.9. The summed E-state index contributed by atoms with van der Waals surface area (Å²) >= 11 is 7.27. The van der Waals surface area contributed by atoms with E-state index in [4.69, 9.17) is 16.3 Å². The molecule has 0 unspecified atom stereocenters. The van der Waals surface area contributed by atoms with Crippen LogP contribution in [-0.2, 0) is 4.79 Å². The van der Waals surface area contributed by atoms with Gasteiger partial charge in [0.25, 0.3) is 5.56 Å². The number of nitrogens with one attached hydrogen (secondary N) is 2. The molecule has 0 spiro atoms. The van der Waals surface area contributed by atoms with Crippen molar-refractivity contribution in [2.45, 2.75) is 24.9 Å². The molecule has 2 aromatic carbocycles. The van der Waals surface area contributed by atoms with Crippen LogP contribution in [0.15, 0.2) is 58.5 Å². The zero-order chi connectivity index (χ0) is 23.5. The molecule has 10 heteroatoms. The lowest BCUT2D eigenvalue weighted by molar-refractivity contribution is -0.113. The molecule has 0 aliphatic carbocycles. The van der Waals surface area contributed by atoms with Gasteiger partial charge in [-0.3, -0.25) is 9.59 Å². The summed E-state index contributed by atoms with van der Waals surface area (Å²) in [5.74, 6) is 0.766. The van der Waals surface area contributed by atoms with Crippen molar-refractivity contribution in [1.82, 2.24) is 19.8 Å². The number of thioether (sulfide) groups is 1. The Morgan fingerprint density at radius 1 is 1.21 bits per heavy atom. The van der Waals surface area contributed by atoms with Crippen LogP contribution >= 0.6 is 23.4 Å². The normalized spacial score (nSPS) is 11.2. The molecule has 8 nitrogen and oxygen atoms in total. The van der Waals surface area contributed by atoms with E-state index in [9.17, 15) is 9.59 Å². The Bertz CT molecular complexity index is 1370. The number of rotatable bonds is 7. The number of methoxy groups -OCH3 is 1. The third kappa shape index (κ3) is 5.04. The van der Waals surface area contributed by atoms with Crippen LogP contribution in [0.4, 0.5) is 5.69 Å². The number of amides is 1. The number of hydrogen-bond donors (Lipinski definition) is 2. The summed E-state index contributed by atoms with van der Waals surface area (Å²) in [7, 11) is 1.52. The Hall–Kier alpha value is -3.30. The summed E-state index contributed by atoms with van der Waals surface area (Å²) in [5.41, 5.74) is 3.34. The molecule has 0 fully saturated rings. The third-order valence-electron chi connectivity index (χ3n) is 5.02. The molecule has 0 radical (unpaired) electrons. The summed E-state index contributed by atoms with van der Waals surface area (Å²) in [6, 6.07) is 14.8. The Morgan fingerprint density at radius 2 is 1.97 bits per heavy atom. The Morgan fingerprint density at radius 3 is 2.64 bits per heavy atom. The van der Waals surface area contributed by atoms with Crippen molar-refractivity contribution in [3.8, 4) is 17.0 Å². The standard InChI is InChI=1S/C23H22ClN5O3S/c1-13(2)14-4-6-15(7-5-14)18-11-19-22(31)26-27-23(29(19)28-18)33-12-21(30)25-16-8-9-20(32-3)17(24)10-16/h4-11,13H,12H2,1-3H3,(H,25,30)(H,26,31). The van der Waals surface area contributed by atoms with Gasteiger partial charge < -0.3 is 10.1 Å². The van der Waals surface area contributed by atoms with Gasteiger partial charge in [0.15, 0.2) is 0 Å². The molecular formula is C23H22ClN5O3S. The van der Waals surface area contributed by atoms with Crippen LogP contribution in [-0.4, -0.2) is 38.6 Å². The number of aromatic nitrogens is 4. The Kier molecular flexibility index (Phi) is 6.71. The van der Waals surface area contributed by atoms with Crippen LogP contribution in [0.5, 0.6) is 5.75 Å². The fraction of sp³-hybridized carbons (Fsp3) is 0.217. The highest BCUT2D eigenvalue weighted by Gasteiger charge is 2.14. The molecule has 1 amide bonds. The molecule has 2 N–H and O–H groups in total. The Labute approximate surface area is 199 Å². The summed E-state index contributed by atoms with van der Waals surface area (Å²) in [5, 5.41) is 14.7. The average Bonchev–Trinajstić information content (AvgIpc) is 3.25. The second kappa shape index (κ2) is 9.68. The monoisotopic (exact) mass is 483 g/mol. The zero-order valence-electron chi connectivity index (χ0n) is 18.3. The van der Waals surface area contributed by atoms with E-state index in [0.717, 1.165) is 17.3 Å². The largest absolute Gasteiger partial charge is 0.495 e. The summed E-state index contributed by atoms with van der Waals surface area (Å²) in [6.07, 6.45) is 0. The molecular weight excluding hydrogens is 462 g/mol. The van der Waals surface area contributed by atoms with Crippen molar-refractivity contribution < 1.29 is 9.53 Å². The van der Waals surface area contributed by atoms with Crippen LogP contribution in [0, 0.1) is 0 Å². The maximum Gasteiger partial charge on any atom is 0.290 e. The number of fused-ring (bicyclic) bond motifs is 1. The van der Waals surface area contributed by atoms with Crippen molar-refractivity contribution >= 4 is 40.5 Å². The third-order valence-corrected chi connectivity index (χ3v) is 6.24. The van der Waals surface area contributed by atoms with E-state index in [-0.39, 0.29) is 17.2 Å². The molecule has 4 aromatic rings. The predicted molar refractivity (Wildman–Crippen MR) is 130 cm³/mol. The van der Waals surface area contributed by atoms with E-state index in [1.807, 2.05) is 12.1 Å². The van der Waals surface area contributed by atoms with E-state index in [1.165, 1.54) is 17.2 Å². The van der Waals surface area contributed by atoms with Gasteiger partial charge in [0.2, 0.25) is 11.1 Å². The van der Waals surface area contributed by atoms with Crippen molar-refractivity contribution in [2.24, 2.45) is 0 Å². The number of aromatic amines is 1. The van der Waals surface area contributed by atoms with Crippen LogP contribution in [0.1, 0.15) is 25.3 Å². The van der Waals surface area contributed by atoms with Gasteiger partial charge in [-0.25, -0.2) is 9.61 Å². The number of benzene rings is 2. The minimum absolute atomic E-state index is 0.0655. The highest BCUT2D eigenvalue weighted by Crippen LogP contribution is 2.28. The number of hydrogen-bond acceptors (Lipinski definition) is 6. The summed E-state index contributed by atoms with van der Waals surface area (Å²) in [4.78, 5) is 24.7. The van der Waals surface area contributed by atoms with Crippen LogP contribution < -0.4 is 15.6 Å². The summed E-state index contributed by atoms with van der Waals surface area (Å²) in [6.45, 7) is 4.27. The number of carbonyl (C=O) groups excluding carboxylic acids is 1. The molecule has 0 aliphatic heterocycles. The fourth-order valence-corrected chi connectivity index (χ4v) is 4.20. The van der Waals surface area contributed by atoms with Crippen LogP contribution in [0.25, 0.3) is 16.8 Å². The maximum atomic E-state index is 12.4. The quantitative estimate of drug-likeness (QED) is 0.372. The topological polar surface area (TPSA) is 101 Å². The molecule has 0 saturated carbocycles. The van der Waals surface area contributed by atoms with E-state index in [1.54, 1.807) is 24.3 Å². The van der Waals surface area contributed by atoms with Gasteiger partial charge in [-0.05, 0) is 35.7 Å². The lowest BCUT2D eigenvalue weighted by Gasteiger charge is -2.08. The summed E-state index contributed by atoms with van der Waals surface area (Å²) < 4.78 is 6.58. The first-order valence-electron chi connectivity index (χ1n) is 10.2. The van der Waals surface area contributed by atoms with Crippen molar-refractivity contribution in [3.05, 3.63) is 69.5 Å². The van der Waals surface area contributed by atoms with Crippen molar-refractivity contribution in [2.75, 3.05) is 18.2 Å². The second-order valence-corrected chi connectivity index (χ2v) is 8.97. The number of ether oxygens (including phenoxy) is 1. The number of nitrogens with zero attached hydrogens (tertiary/aromatic N) is 3. The minimum Gasteiger partial charge on any atom is -0.495 e. The van der Waals surface area contributed by atoms with E-state index in [2.05, 4.69) is 46.6 Å². The van der Waals surface area contributed by atoms with E-state index < -0.39 is 0 Å². The highest BCUT2D eigenvalue weighted by molar-refractivity contribution is 7.99. The first-order chi connectivity index (χ1) is 15.9. The Balaban J connectivity index is 1.52. The molecule has 0 aliphatic rings. The maximum absolute atomic E-state index is 12.4. The second-order valence-electron chi connectivity index (χ2n) is 7.62. The zero-order valence-corrected chi connectivity index (χ0v) is 19.8. The van der Waals surface area contributed by atoms with Crippen molar-refractivity contribution in [1.29, 1.82) is 0 Å². The van der Waals surface area contributed by atoms with E-state index >= 15 is 0 Å². The number of H-pyrrole nitrogens is 1. The highest BCUT2D eigenvalue weighted by atomic mass is 35.5. The van der Waals surface area contributed by atoms with Crippen LogP contribution in [0.2, 0.25) is 5.02 Å². The van der Waals surface area contributed by atoms with Gasteiger partial charge in [0.1, 0.15) is 11.3 Å². The van der Waals surface area contributed by atoms with Gasteiger partial charge in [0, 0.05) is 11.3 Å². The predicted octanol–water partition coefficient (Wildman–Crippen LogP) is 4.60. The molecule has 0 atom stereocenters. The van der Waals surface area contributed by atoms with E-state index in [0.29, 0.717) is 38.7 Å². The van der Waals surface area contributed by atoms with Crippen LogP contribution in [0.3, 0.4) is 0 Å². The van der Waals surface area contributed by atoms with Gasteiger partial charge >= 0.3 is 0 Å². The molecule has 2 aromatic heterocycles. The number of halogens is 1. The smallest absolute Gasteiger partial charge is 0.290 e. The molecule has 33 heavy (non-hydrogen) atoms. The molecule has 0 saturated heterocycles. The van der Waals surface area contributed by atoms with Gasteiger partial charge in [-0.2, -0.15) is 5.10 Å². The molecule has 2 heterocycles. The fourth-order valence-electron chi connectivity index (χ4n) is 3.24. The minimum atomic E-state index is -0.353. The van der Waals surface area contributed by atoms with Gasteiger partial charge in [-0.15, -0.1) is 5.10 Å². The molecule has 170 valence electrons. The lowest BCUT2D eigenvalue weighted by atomic mass is 10.0. The number of carbonyl (C=O) groups is 1. The first-order valence-corrected chi connectivity index (χ1v) is 11.6. The molecule has 4 rings (SSSR count). The van der Waals surface area contributed by atoms with Gasteiger partial charge in [-0.1, -0.05) is 61.5 Å². The van der Waals surface area contributed by atoms with Crippen molar-refractivity contribution in [3.63, 3.8) is 0 Å². The lowest BCUT2D eigenvalue weighted by Crippen LogP contribution is -2.17.